The molecule has 11 heteroatoms. The van der Waals surface area contributed by atoms with Gasteiger partial charge in [-0.2, -0.15) is 0 Å². The molecule has 1 N–H and O–H groups in total. The largest absolute Gasteiger partial charge is 0.380 e. The van der Waals surface area contributed by atoms with E-state index in [1.54, 1.807) is 42.2 Å². The van der Waals surface area contributed by atoms with E-state index in [1.807, 2.05) is 4.40 Å². The second-order valence-corrected chi connectivity index (χ2v) is 10.7. The van der Waals surface area contributed by atoms with Crippen molar-refractivity contribution in [2.45, 2.75) is 29.8 Å². The molecule has 4 aromatic rings. The van der Waals surface area contributed by atoms with Crippen molar-refractivity contribution in [3.63, 3.8) is 0 Å². The van der Waals surface area contributed by atoms with Crippen molar-refractivity contribution in [1.82, 2.24) is 28.7 Å². The number of hydrogen-bond acceptors (Lipinski definition) is 7. The van der Waals surface area contributed by atoms with Crippen molar-refractivity contribution < 1.29 is 13.5 Å². The van der Waals surface area contributed by atoms with Gasteiger partial charge in [0.25, 0.3) is 0 Å². The Morgan fingerprint density at radius 2 is 1.97 bits per heavy atom. The number of aromatic nitrogens is 5. The van der Waals surface area contributed by atoms with Gasteiger partial charge in [0.2, 0.25) is 10.0 Å². The van der Waals surface area contributed by atoms with E-state index in [0.29, 0.717) is 17.3 Å². The molecule has 30 heavy (non-hydrogen) atoms. The van der Waals surface area contributed by atoms with Crippen LogP contribution in [0, 0.1) is 0 Å². The molecule has 1 aliphatic rings. The zero-order chi connectivity index (χ0) is 21.0. The highest BCUT2D eigenvalue weighted by molar-refractivity contribution is 7.89. The summed E-state index contributed by atoms with van der Waals surface area (Å²) in [4.78, 5) is 6.55. The Bertz CT molecular complexity index is 1320. The van der Waals surface area contributed by atoms with E-state index in [1.165, 1.54) is 40.1 Å². The minimum atomic E-state index is -3.50. The molecule has 0 bridgehead atoms. The van der Waals surface area contributed by atoms with Crippen LogP contribution in [0.15, 0.2) is 47.9 Å². The number of thiazole rings is 1. The smallest absolute Gasteiger partial charge is 0.242 e. The summed E-state index contributed by atoms with van der Waals surface area (Å²) in [6, 6.07) is 6.38. The summed E-state index contributed by atoms with van der Waals surface area (Å²) in [5.41, 5.74) is 1.88. The summed E-state index contributed by atoms with van der Waals surface area (Å²) >= 11 is 1.66. The lowest BCUT2D eigenvalue weighted by Crippen LogP contribution is -2.22. The molecule has 5 rings (SSSR count). The van der Waals surface area contributed by atoms with Crippen LogP contribution in [-0.4, -0.2) is 56.3 Å². The van der Waals surface area contributed by atoms with Crippen LogP contribution in [0.4, 0.5) is 0 Å². The number of hydrogen-bond donors (Lipinski definition) is 1. The molecular formula is C19H20N6O3S2. The van der Waals surface area contributed by atoms with Gasteiger partial charge in [-0.15, -0.1) is 16.4 Å². The number of fused-ring (bicyclic) bond motifs is 1. The number of aliphatic hydroxyl groups is 1. The number of nitrogens with zero attached hydrogens (tertiary/aromatic N) is 6. The second kappa shape index (κ2) is 6.98. The molecule has 1 aliphatic carbocycles. The first-order valence-electron chi connectivity index (χ1n) is 9.44. The van der Waals surface area contributed by atoms with E-state index in [0.717, 1.165) is 23.4 Å². The van der Waals surface area contributed by atoms with Gasteiger partial charge >= 0.3 is 0 Å². The van der Waals surface area contributed by atoms with Crippen LogP contribution >= 0.6 is 11.3 Å². The molecule has 156 valence electrons. The lowest BCUT2D eigenvalue weighted by molar-refractivity contribution is 0.208. The first-order chi connectivity index (χ1) is 14.4. The SMILES string of the molecule is CN(C)S(=O)(=O)c1ccc(-n2cc(C(O)c3c(C4CC4)sc4cncn34)nn2)cc1. The maximum atomic E-state index is 12.2. The van der Waals surface area contributed by atoms with Gasteiger partial charge in [0.1, 0.15) is 23.0 Å². The summed E-state index contributed by atoms with van der Waals surface area (Å²) in [7, 11) is -0.512. The summed E-state index contributed by atoms with van der Waals surface area (Å²) in [5.74, 6) is 0.487. The predicted molar refractivity (Wildman–Crippen MR) is 111 cm³/mol. The fraction of sp³-hybridized carbons (Fsp3) is 0.316. The number of benzene rings is 1. The van der Waals surface area contributed by atoms with Crippen molar-refractivity contribution in [3.05, 3.63) is 59.3 Å². The zero-order valence-corrected chi connectivity index (χ0v) is 18.0. The number of imidazole rings is 1. The first-order valence-corrected chi connectivity index (χ1v) is 11.7. The minimum Gasteiger partial charge on any atom is -0.380 e. The predicted octanol–water partition coefficient (Wildman–Crippen LogP) is 2.19. The fourth-order valence-corrected chi connectivity index (χ4v) is 5.58. The molecule has 0 amide bonds. The molecule has 1 fully saturated rings. The molecule has 0 aliphatic heterocycles. The van der Waals surface area contributed by atoms with Gasteiger partial charge in [-0.25, -0.2) is 22.4 Å². The lowest BCUT2D eigenvalue weighted by atomic mass is 10.1. The fourth-order valence-electron chi connectivity index (χ4n) is 3.38. The van der Waals surface area contributed by atoms with Crippen molar-refractivity contribution in [2.24, 2.45) is 0 Å². The number of sulfonamides is 1. The zero-order valence-electron chi connectivity index (χ0n) is 16.4. The van der Waals surface area contributed by atoms with E-state index in [9.17, 15) is 13.5 Å². The number of rotatable bonds is 6. The second-order valence-electron chi connectivity index (χ2n) is 7.50. The number of aliphatic hydroxyl groups excluding tert-OH is 1. The Hall–Kier alpha value is -2.60. The highest BCUT2D eigenvalue weighted by Gasteiger charge is 2.33. The molecule has 9 nitrogen and oxygen atoms in total. The quantitative estimate of drug-likeness (QED) is 0.489. The Balaban J connectivity index is 1.46. The van der Waals surface area contributed by atoms with Crippen LogP contribution < -0.4 is 0 Å². The molecule has 3 heterocycles. The minimum absolute atomic E-state index is 0.200. The van der Waals surface area contributed by atoms with Gasteiger partial charge in [-0.1, -0.05) is 5.21 Å². The highest BCUT2D eigenvalue weighted by atomic mass is 32.2. The van der Waals surface area contributed by atoms with Gasteiger partial charge in [-0.3, -0.25) is 4.40 Å². The van der Waals surface area contributed by atoms with E-state index >= 15 is 0 Å². The Kier molecular flexibility index (Phi) is 4.51. The molecule has 0 radical (unpaired) electrons. The summed E-state index contributed by atoms with van der Waals surface area (Å²) < 4.78 is 29.1. The lowest BCUT2D eigenvalue weighted by Gasteiger charge is -2.11. The summed E-state index contributed by atoms with van der Waals surface area (Å²) in [6.07, 6.45) is 6.51. The third kappa shape index (κ3) is 3.14. The van der Waals surface area contributed by atoms with Gasteiger partial charge in [0.05, 0.1) is 28.7 Å². The van der Waals surface area contributed by atoms with Crippen LogP contribution in [0.5, 0.6) is 0 Å². The normalized spacial score (nSPS) is 15.9. The maximum absolute atomic E-state index is 12.2. The van der Waals surface area contributed by atoms with Gasteiger partial charge < -0.3 is 5.11 Å². The maximum Gasteiger partial charge on any atom is 0.242 e. The topological polar surface area (TPSA) is 106 Å². The van der Waals surface area contributed by atoms with E-state index in [4.69, 9.17) is 0 Å². The molecule has 3 aromatic heterocycles. The van der Waals surface area contributed by atoms with Crippen molar-refractivity contribution >= 4 is 26.2 Å². The van der Waals surface area contributed by atoms with Crippen LogP contribution in [0.2, 0.25) is 0 Å². The molecule has 0 saturated heterocycles. The van der Waals surface area contributed by atoms with Crippen molar-refractivity contribution in [3.8, 4) is 5.69 Å². The molecule has 1 atom stereocenters. The highest BCUT2D eigenvalue weighted by Crippen LogP contribution is 2.47. The summed E-state index contributed by atoms with van der Waals surface area (Å²) in [6.45, 7) is 0. The van der Waals surface area contributed by atoms with Gasteiger partial charge in [-0.05, 0) is 43.0 Å². The van der Waals surface area contributed by atoms with E-state index in [2.05, 4.69) is 15.3 Å². The van der Waals surface area contributed by atoms with Gasteiger partial charge in [0.15, 0.2) is 0 Å². The van der Waals surface area contributed by atoms with Gasteiger partial charge in [0, 0.05) is 19.0 Å². The third-order valence-electron chi connectivity index (χ3n) is 5.21. The van der Waals surface area contributed by atoms with Crippen LogP contribution in [0.1, 0.15) is 41.1 Å². The van der Waals surface area contributed by atoms with Crippen LogP contribution in [0.3, 0.4) is 0 Å². The van der Waals surface area contributed by atoms with E-state index < -0.39 is 16.1 Å². The average Bonchev–Trinajstić information content (AvgIpc) is 3.14. The Labute approximate surface area is 177 Å². The summed E-state index contributed by atoms with van der Waals surface area (Å²) in [5, 5.41) is 19.4. The molecule has 0 spiro atoms. The Morgan fingerprint density at radius 3 is 2.63 bits per heavy atom. The Morgan fingerprint density at radius 1 is 1.23 bits per heavy atom. The van der Waals surface area contributed by atoms with Crippen molar-refractivity contribution in [2.75, 3.05) is 14.1 Å². The first kappa shape index (κ1) is 19.4. The average molecular weight is 445 g/mol. The van der Waals surface area contributed by atoms with Crippen molar-refractivity contribution in [1.29, 1.82) is 0 Å². The monoisotopic (exact) mass is 444 g/mol. The molecule has 1 aromatic carbocycles. The third-order valence-corrected chi connectivity index (χ3v) is 8.31. The standard InChI is InChI=1S/C19H20N6O3S2/c1-23(2)30(27,28)14-7-5-13(6-8-14)25-10-15(21-22-25)18(26)17-19(12-3-4-12)29-16-9-20-11-24(16)17/h5-12,18,26H,3-4H2,1-2H3. The molecule has 1 saturated carbocycles. The molecular weight excluding hydrogens is 424 g/mol. The molecule has 1 unspecified atom stereocenters. The van der Waals surface area contributed by atoms with E-state index in [-0.39, 0.29) is 4.90 Å². The van der Waals surface area contributed by atoms with Crippen LogP contribution in [0.25, 0.3) is 10.5 Å². The van der Waals surface area contributed by atoms with Crippen LogP contribution in [-0.2, 0) is 10.0 Å².